The molecule has 1 N–H and O–H groups in total. The van der Waals surface area contributed by atoms with Crippen LogP contribution >= 0.6 is 11.3 Å². The Labute approximate surface area is 128 Å². The summed E-state index contributed by atoms with van der Waals surface area (Å²) in [5, 5.41) is 6.97. The summed E-state index contributed by atoms with van der Waals surface area (Å²) < 4.78 is 2.26. The van der Waals surface area contributed by atoms with Crippen molar-refractivity contribution in [2.45, 2.75) is 25.3 Å². The molecular weight excluding hydrogens is 278 g/mol. The summed E-state index contributed by atoms with van der Waals surface area (Å²) in [4.78, 5) is 6.00. The summed E-state index contributed by atoms with van der Waals surface area (Å²) in [5.41, 5.74) is 2.57. The minimum atomic E-state index is 0.627. The SMILES string of the molecule is c1csc(Cn2ccc3c(C4CCCNC4)ccnc32)c1. The normalized spacial score (nSPS) is 19.1. The number of rotatable bonds is 3. The van der Waals surface area contributed by atoms with Crippen LogP contribution in [0.2, 0.25) is 0 Å². The molecule has 4 heterocycles. The first-order chi connectivity index (χ1) is 10.4. The van der Waals surface area contributed by atoms with Crippen molar-refractivity contribution in [1.82, 2.24) is 14.9 Å². The van der Waals surface area contributed by atoms with E-state index in [1.54, 1.807) is 11.3 Å². The first-order valence-corrected chi connectivity index (χ1v) is 8.46. The van der Waals surface area contributed by atoms with Gasteiger partial charge in [-0.25, -0.2) is 4.98 Å². The zero-order valence-corrected chi connectivity index (χ0v) is 12.8. The van der Waals surface area contributed by atoms with Crippen LogP contribution < -0.4 is 5.32 Å². The van der Waals surface area contributed by atoms with Crippen LogP contribution in [0.15, 0.2) is 42.0 Å². The van der Waals surface area contributed by atoms with E-state index in [0.717, 1.165) is 25.3 Å². The third-order valence-corrected chi connectivity index (χ3v) is 5.20. The fourth-order valence-corrected chi connectivity index (χ4v) is 3.99. The lowest BCUT2D eigenvalue weighted by Gasteiger charge is -2.23. The van der Waals surface area contributed by atoms with Gasteiger partial charge >= 0.3 is 0 Å². The third-order valence-electron chi connectivity index (χ3n) is 4.34. The van der Waals surface area contributed by atoms with Gasteiger partial charge in [-0.2, -0.15) is 0 Å². The van der Waals surface area contributed by atoms with Gasteiger partial charge in [-0.1, -0.05) is 6.07 Å². The molecule has 4 heteroatoms. The lowest BCUT2D eigenvalue weighted by molar-refractivity contribution is 0.463. The van der Waals surface area contributed by atoms with Crippen LogP contribution in [0.3, 0.4) is 0 Å². The maximum absolute atomic E-state index is 4.62. The Hall–Kier alpha value is -1.65. The number of piperidine rings is 1. The minimum absolute atomic E-state index is 0.627. The monoisotopic (exact) mass is 297 g/mol. The van der Waals surface area contributed by atoms with Crippen LogP contribution in [-0.2, 0) is 6.54 Å². The predicted octanol–water partition coefficient (Wildman–Crippen LogP) is 3.61. The lowest BCUT2D eigenvalue weighted by Crippen LogP contribution is -2.28. The Morgan fingerprint density at radius 1 is 1.33 bits per heavy atom. The largest absolute Gasteiger partial charge is 0.327 e. The first-order valence-electron chi connectivity index (χ1n) is 7.58. The van der Waals surface area contributed by atoms with Crippen molar-refractivity contribution in [1.29, 1.82) is 0 Å². The van der Waals surface area contributed by atoms with Crippen LogP contribution in [0, 0.1) is 0 Å². The average molecular weight is 297 g/mol. The summed E-state index contributed by atoms with van der Waals surface area (Å²) in [7, 11) is 0. The summed E-state index contributed by atoms with van der Waals surface area (Å²) in [5.74, 6) is 0.627. The molecule has 1 fully saturated rings. The lowest BCUT2D eigenvalue weighted by atomic mass is 9.90. The maximum Gasteiger partial charge on any atom is 0.140 e. The molecule has 3 aromatic heterocycles. The van der Waals surface area contributed by atoms with Gasteiger partial charge in [-0.05, 0) is 54.4 Å². The quantitative estimate of drug-likeness (QED) is 0.800. The van der Waals surface area contributed by atoms with Gasteiger partial charge in [0.1, 0.15) is 5.65 Å². The summed E-state index contributed by atoms with van der Waals surface area (Å²) in [6, 6.07) is 8.74. The van der Waals surface area contributed by atoms with Crippen LogP contribution in [0.5, 0.6) is 0 Å². The molecule has 0 amide bonds. The van der Waals surface area contributed by atoms with Crippen molar-refractivity contribution >= 4 is 22.4 Å². The van der Waals surface area contributed by atoms with Gasteiger partial charge in [0.2, 0.25) is 0 Å². The second kappa shape index (κ2) is 5.62. The topological polar surface area (TPSA) is 29.9 Å². The molecule has 3 nitrogen and oxygen atoms in total. The smallest absolute Gasteiger partial charge is 0.140 e. The van der Waals surface area contributed by atoms with E-state index in [-0.39, 0.29) is 0 Å². The van der Waals surface area contributed by atoms with Crippen molar-refractivity contribution in [3.63, 3.8) is 0 Å². The Kier molecular flexibility index (Phi) is 3.49. The van der Waals surface area contributed by atoms with E-state index >= 15 is 0 Å². The van der Waals surface area contributed by atoms with Crippen molar-refractivity contribution in [3.05, 3.63) is 52.5 Å². The fourth-order valence-electron chi connectivity index (χ4n) is 3.28. The third kappa shape index (κ3) is 2.49. The molecule has 0 saturated carbocycles. The minimum Gasteiger partial charge on any atom is -0.327 e. The van der Waals surface area contributed by atoms with Gasteiger partial charge in [0.25, 0.3) is 0 Å². The standard InChI is InChI=1S/C17H19N3S/c1-3-13(11-18-7-1)15-5-8-19-17-16(15)6-9-20(17)12-14-4-2-10-21-14/h2,4-6,8-10,13,18H,1,3,7,11-12H2. The Bertz CT molecular complexity index is 724. The molecular formula is C17H19N3S. The molecule has 0 aromatic carbocycles. The Morgan fingerprint density at radius 2 is 2.33 bits per heavy atom. The number of nitrogens with one attached hydrogen (secondary N) is 1. The van der Waals surface area contributed by atoms with E-state index in [2.05, 4.69) is 50.7 Å². The van der Waals surface area contributed by atoms with Gasteiger partial charge in [-0.15, -0.1) is 11.3 Å². The fraction of sp³-hybridized carbons (Fsp3) is 0.353. The van der Waals surface area contributed by atoms with Crippen LogP contribution in [0.4, 0.5) is 0 Å². The van der Waals surface area contributed by atoms with E-state index in [9.17, 15) is 0 Å². The zero-order chi connectivity index (χ0) is 14.1. The van der Waals surface area contributed by atoms with Crippen LogP contribution in [0.25, 0.3) is 11.0 Å². The van der Waals surface area contributed by atoms with E-state index in [1.807, 2.05) is 6.20 Å². The molecule has 21 heavy (non-hydrogen) atoms. The average Bonchev–Trinajstić information content (AvgIpc) is 3.19. The van der Waals surface area contributed by atoms with Gasteiger partial charge in [-0.3, -0.25) is 0 Å². The molecule has 1 aliphatic rings. The number of thiophene rings is 1. The van der Waals surface area contributed by atoms with Crippen molar-refractivity contribution < 1.29 is 0 Å². The molecule has 1 aliphatic heterocycles. The Morgan fingerprint density at radius 3 is 3.14 bits per heavy atom. The predicted molar refractivity (Wildman–Crippen MR) is 88.0 cm³/mol. The second-order valence-corrected chi connectivity index (χ2v) is 6.74. The van der Waals surface area contributed by atoms with Gasteiger partial charge < -0.3 is 9.88 Å². The number of fused-ring (bicyclic) bond motifs is 1. The van der Waals surface area contributed by atoms with E-state index in [0.29, 0.717) is 5.92 Å². The maximum atomic E-state index is 4.62. The van der Waals surface area contributed by atoms with E-state index < -0.39 is 0 Å². The molecule has 1 saturated heterocycles. The highest BCUT2D eigenvalue weighted by Gasteiger charge is 2.18. The molecule has 4 rings (SSSR count). The molecule has 0 aliphatic carbocycles. The molecule has 0 bridgehead atoms. The van der Waals surface area contributed by atoms with Gasteiger partial charge in [0, 0.05) is 29.2 Å². The second-order valence-electron chi connectivity index (χ2n) is 5.70. The van der Waals surface area contributed by atoms with E-state index in [1.165, 1.54) is 28.7 Å². The number of pyridine rings is 1. The van der Waals surface area contributed by atoms with Crippen molar-refractivity contribution in [3.8, 4) is 0 Å². The molecule has 108 valence electrons. The van der Waals surface area contributed by atoms with E-state index in [4.69, 9.17) is 0 Å². The highest BCUT2D eigenvalue weighted by molar-refractivity contribution is 7.09. The summed E-state index contributed by atoms with van der Waals surface area (Å²) in [6.07, 6.45) is 6.70. The van der Waals surface area contributed by atoms with Gasteiger partial charge in [0.15, 0.2) is 0 Å². The summed E-state index contributed by atoms with van der Waals surface area (Å²) in [6.45, 7) is 3.17. The Balaban J connectivity index is 1.71. The molecule has 1 atom stereocenters. The molecule has 0 spiro atoms. The van der Waals surface area contributed by atoms with Crippen molar-refractivity contribution in [2.24, 2.45) is 0 Å². The highest BCUT2D eigenvalue weighted by Crippen LogP contribution is 2.30. The first kappa shape index (κ1) is 13.0. The van der Waals surface area contributed by atoms with Gasteiger partial charge in [0.05, 0.1) is 6.54 Å². The molecule has 1 unspecified atom stereocenters. The van der Waals surface area contributed by atoms with Crippen molar-refractivity contribution in [2.75, 3.05) is 13.1 Å². The molecule has 0 radical (unpaired) electrons. The molecule has 3 aromatic rings. The highest BCUT2D eigenvalue weighted by atomic mass is 32.1. The van der Waals surface area contributed by atoms with Crippen LogP contribution in [-0.4, -0.2) is 22.6 Å². The number of hydrogen-bond acceptors (Lipinski definition) is 3. The number of nitrogens with zero attached hydrogens (tertiary/aromatic N) is 2. The number of hydrogen-bond donors (Lipinski definition) is 1. The zero-order valence-electron chi connectivity index (χ0n) is 12.0. The summed E-state index contributed by atoms with van der Waals surface area (Å²) >= 11 is 1.80. The van der Waals surface area contributed by atoms with Crippen LogP contribution in [0.1, 0.15) is 29.2 Å². The number of aromatic nitrogens is 2.